The van der Waals surface area contributed by atoms with E-state index in [-0.39, 0.29) is 0 Å². The molecule has 0 aliphatic heterocycles. The van der Waals surface area contributed by atoms with Crippen LogP contribution in [-0.2, 0) is 0 Å². The summed E-state index contributed by atoms with van der Waals surface area (Å²) in [5.74, 6) is 0. The van der Waals surface area contributed by atoms with Crippen molar-refractivity contribution in [1.82, 2.24) is 4.98 Å². The highest BCUT2D eigenvalue weighted by molar-refractivity contribution is 5.75. The average Bonchev–Trinajstić information content (AvgIpc) is 2.38. The van der Waals surface area contributed by atoms with Crippen LogP contribution < -0.4 is 0 Å². The summed E-state index contributed by atoms with van der Waals surface area (Å²) in [5, 5.41) is 18.0. The van der Waals surface area contributed by atoms with Crippen molar-refractivity contribution in [2.24, 2.45) is 0 Å². The third kappa shape index (κ3) is 1.63. The van der Waals surface area contributed by atoms with Crippen molar-refractivity contribution < 1.29 is 0 Å². The standard InChI is InChI=1S/C13H7N3/c14-7-10-3-1-4-11(8-15)13(10)12-5-2-6-16-9-12/h1-6,9H. The number of aromatic nitrogens is 1. The molecule has 0 aliphatic rings. The molecule has 16 heavy (non-hydrogen) atoms. The van der Waals surface area contributed by atoms with Crippen LogP contribution in [0.2, 0.25) is 0 Å². The Bertz CT molecular complexity index is 557. The van der Waals surface area contributed by atoms with Gasteiger partial charge in [0.2, 0.25) is 0 Å². The van der Waals surface area contributed by atoms with E-state index in [1.165, 1.54) is 0 Å². The van der Waals surface area contributed by atoms with Crippen LogP contribution in [0.1, 0.15) is 11.1 Å². The quantitative estimate of drug-likeness (QED) is 0.718. The van der Waals surface area contributed by atoms with Gasteiger partial charge in [-0.1, -0.05) is 12.1 Å². The Labute approximate surface area is 93.2 Å². The van der Waals surface area contributed by atoms with Crippen LogP contribution in [0.4, 0.5) is 0 Å². The topological polar surface area (TPSA) is 60.5 Å². The molecule has 0 amide bonds. The number of nitriles is 2. The van der Waals surface area contributed by atoms with Gasteiger partial charge in [0, 0.05) is 23.5 Å². The van der Waals surface area contributed by atoms with Crippen molar-refractivity contribution in [1.29, 1.82) is 10.5 Å². The van der Waals surface area contributed by atoms with E-state index in [1.807, 2.05) is 6.07 Å². The number of benzene rings is 1. The lowest BCUT2D eigenvalue weighted by Gasteiger charge is -2.05. The fourth-order valence-corrected chi connectivity index (χ4v) is 1.56. The van der Waals surface area contributed by atoms with E-state index in [0.29, 0.717) is 16.7 Å². The molecular formula is C13H7N3. The summed E-state index contributed by atoms with van der Waals surface area (Å²) in [6.45, 7) is 0. The average molecular weight is 205 g/mol. The van der Waals surface area contributed by atoms with E-state index in [2.05, 4.69) is 17.1 Å². The van der Waals surface area contributed by atoms with Gasteiger partial charge in [-0.05, 0) is 18.2 Å². The molecule has 3 nitrogen and oxygen atoms in total. The molecule has 0 radical (unpaired) electrons. The molecule has 0 fully saturated rings. The van der Waals surface area contributed by atoms with Gasteiger partial charge in [0.05, 0.1) is 23.3 Å². The first-order valence-corrected chi connectivity index (χ1v) is 4.70. The van der Waals surface area contributed by atoms with Gasteiger partial charge in [-0.3, -0.25) is 4.98 Å². The second-order valence-electron chi connectivity index (χ2n) is 3.19. The van der Waals surface area contributed by atoms with Crippen LogP contribution in [0.25, 0.3) is 11.1 Å². The van der Waals surface area contributed by atoms with Crippen LogP contribution in [0.15, 0.2) is 42.7 Å². The van der Waals surface area contributed by atoms with Gasteiger partial charge in [-0.15, -0.1) is 0 Å². The van der Waals surface area contributed by atoms with Gasteiger partial charge in [-0.2, -0.15) is 10.5 Å². The van der Waals surface area contributed by atoms with Crippen LogP contribution in [-0.4, -0.2) is 4.98 Å². The van der Waals surface area contributed by atoms with Gasteiger partial charge < -0.3 is 0 Å². The van der Waals surface area contributed by atoms with Crippen molar-refractivity contribution in [2.45, 2.75) is 0 Å². The zero-order valence-electron chi connectivity index (χ0n) is 8.38. The maximum absolute atomic E-state index is 9.02. The maximum Gasteiger partial charge on any atom is 0.0998 e. The number of nitrogens with zero attached hydrogens (tertiary/aromatic N) is 3. The smallest absolute Gasteiger partial charge is 0.0998 e. The first kappa shape index (κ1) is 9.89. The van der Waals surface area contributed by atoms with E-state index in [0.717, 1.165) is 5.56 Å². The summed E-state index contributed by atoms with van der Waals surface area (Å²) in [5.41, 5.74) is 2.43. The molecule has 2 aromatic rings. The van der Waals surface area contributed by atoms with Gasteiger partial charge in [0.25, 0.3) is 0 Å². The molecule has 0 atom stereocenters. The van der Waals surface area contributed by atoms with Crippen molar-refractivity contribution >= 4 is 0 Å². The molecule has 0 aliphatic carbocycles. The molecule has 0 bridgehead atoms. The highest BCUT2D eigenvalue weighted by Crippen LogP contribution is 2.26. The van der Waals surface area contributed by atoms with Crippen LogP contribution >= 0.6 is 0 Å². The molecule has 0 unspecified atom stereocenters. The lowest BCUT2D eigenvalue weighted by Crippen LogP contribution is -1.89. The summed E-state index contributed by atoms with van der Waals surface area (Å²) in [6, 6.07) is 12.9. The minimum atomic E-state index is 0.493. The van der Waals surface area contributed by atoms with Crippen molar-refractivity contribution in [3.8, 4) is 23.3 Å². The van der Waals surface area contributed by atoms with Crippen molar-refractivity contribution in [3.05, 3.63) is 53.9 Å². The molecule has 0 spiro atoms. The van der Waals surface area contributed by atoms with E-state index >= 15 is 0 Å². The van der Waals surface area contributed by atoms with E-state index in [1.54, 1.807) is 36.7 Å². The van der Waals surface area contributed by atoms with Crippen LogP contribution in [0, 0.1) is 22.7 Å². The summed E-state index contributed by atoms with van der Waals surface area (Å²) < 4.78 is 0. The molecular weight excluding hydrogens is 198 g/mol. The fourth-order valence-electron chi connectivity index (χ4n) is 1.56. The SMILES string of the molecule is N#Cc1cccc(C#N)c1-c1cccnc1. The summed E-state index contributed by atoms with van der Waals surface area (Å²) in [4.78, 5) is 3.99. The second kappa shape index (κ2) is 4.25. The molecule has 1 heterocycles. The highest BCUT2D eigenvalue weighted by atomic mass is 14.6. The zero-order chi connectivity index (χ0) is 11.4. The normalized spacial score (nSPS) is 9.12. The fraction of sp³-hybridized carbons (Fsp3) is 0. The second-order valence-corrected chi connectivity index (χ2v) is 3.19. The molecule has 0 saturated heterocycles. The van der Waals surface area contributed by atoms with E-state index in [4.69, 9.17) is 10.5 Å². The third-order valence-electron chi connectivity index (χ3n) is 2.26. The number of hydrogen-bond acceptors (Lipinski definition) is 3. The predicted molar refractivity (Wildman–Crippen MR) is 59.1 cm³/mol. The minimum Gasteiger partial charge on any atom is -0.264 e. The Kier molecular flexibility index (Phi) is 2.63. The maximum atomic E-state index is 9.02. The number of rotatable bonds is 1. The Morgan fingerprint density at radius 3 is 2.12 bits per heavy atom. The monoisotopic (exact) mass is 205 g/mol. The zero-order valence-corrected chi connectivity index (χ0v) is 8.38. The molecule has 1 aromatic carbocycles. The molecule has 2 rings (SSSR count). The Morgan fingerprint density at radius 2 is 1.62 bits per heavy atom. The molecule has 0 N–H and O–H groups in total. The van der Waals surface area contributed by atoms with Crippen LogP contribution in [0.3, 0.4) is 0 Å². The van der Waals surface area contributed by atoms with Gasteiger partial charge >= 0.3 is 0 Å². The summed E-state index contributed by atoms with van der Waals surface area (Å²) in [6.07, 6.45) is 3.31. The third-order valence-corrected chi connectivity index (χ3v) is 2.26. The van der Waals surface area contributed by atoms with Gasteiger partial charge in [0.15, 0.2) is 0 Å². The van der Waals surface area contributed by atoms with Crippen molar-refractivity contribution in [3.63, 3.8) is 0 Å². The number of pyridine rings is 1. The predicted octanol–water partition coefficient (Wildman–Crippen LogP) is 2.49. The molecule has 1 aromatic heterocycles. The van der Waals surface area contributed by atoms with E-state index < -0.39 is 0 Å². The Morgan fingerprint density at radius 1 is 0.938 bits per heavy atom. The Hall–Kier alpha value is -2.65. The lowest BCUT2D eigenvalue weighted by atomic mass is 9.97. The highest BCUT2D eigenvalue weighted by Gasteiger charge is 2.09. The lowest BCUT2D eigenvalue weighted by molar-refractivity contribution is 1.32. The van der Waals surface area contributed by atoms with Gasteiger partial charge in [0.1, 0.15) is 0 Å². The minimum absolute atomic E-state index is 0.493. The van der Waals surface area contributed by atoms with Gasteiger partial charge in [-0.25, -0.2) is 0 Å². The molecule has 3 heteroatoms. The summed E-state index contributed by atoms with van der Waals surface area (Å²) >= 11 is 0. The largest absolute Gasteiger partial charge is 0.264 e. The Balaban J connectivity index is 2.74. The van der Waals surface area contributed by atoms with Crippen molar-refractivity contribution in [2.75, 3.05) is 0 Å². The van der Waals surface area contributed by atoms with E-state index in [9.17, 15) is 0 Å². The molecule has 74 valence electrons. The first-order chi connectivity index (χ1) is 7.86. The number of hydrogen-bond donors (Lipinski definition) is 0. The summed E-state index contributed by atoms with van der Waals surface area (Å²) in [7, 11) is 0. The molecule has 0 saturated carbocycles. The van der Waals surface area contributed by atoms with Crippen LogP contribution in [0.5, 0.6) is 0 Å². The first-order valence-electron chi connectivity index (χ1n) is 4.70.